The van der Waals surface area contributed by atoms with Gasteiger partial charge in [-0.1, -0.05) is 55.8 Å². The first kappa shape index (κ1) is 28.3. The van der Waals surface area contributed by atoms with E-state index in [0.717, 1.165) is 23.1 Å². The summed E-state index contributed by atoms with van der Waals surface area (Å²) in [6.45, 7) is 2.69. The molecular formula is C35H32F3N3O3. The van der Waals surface area contributed by atoms with E-state index in [4.69, 9.17) is 4.74 Å². The summed E-state index contributed by atoms with van der Waals surface area (Å²) < 4.78 is 51.3. The van der Waals surface area contributed by atoms with Crippen LogP contribution in [0, 0.1) is 23.4 Å². The SMILES string of the molecule is CCCCOc1c2n(ccc1=O)N(C13c4ccccc4CC1Cc1c3ccc(F)c1F)CN(CCc1ccc(F)cc1)C2=O. The molecule has 0 bridgehead atoms. The van der Waals surface area contributed by atoms with Crippen LogP contribution in [0.1, 0.15) is 58.1 Å². The first-order valence-electron chi connectivity index (χ1n) is 15.1. The lowest BCUT2D eigenvalue weighted by Gasteiger charge is -2.50. The Balaban J connectivity index is 1.42. The van der Waals surface area contributed by atoms with Gasteiger partial charge in [-0.15, -0.1) is 0 Å². The van der Waals surface area contributed by atoms with E-state index in [2.05, 4.69) is 6.07 Å². The van der Waals surface area contributed by atoms with Gasteiger partial charge in [0.05, 0.1) is 6.61 Å². The highest BCUT2D eigenvalue weighted by Gasteiger charge is 2.59. The number of nitrogens with zero attached hydrogens (tertiary/aromatic N) is 3. The third kappa shape index (κ3) is 4.24. The zero-order valence-corrected chi connectivity index (χ0v) is 24.4. The van der Waals surface area contributed by atoms with Crippen LogP contribution in [0.3, 0.4) is 0 Å². The Morgan fingerprint density at radius 3 is 2.52 bits per heavy atom. The average Bonchev–Trinajstić information content (AvgIpc) is 3.52. The first-order valence-corrected chi connectivity index (χ1v) is 15.1. The van der Waals surface area contributed by atoms with Crippen molar-refractivity contribution >= 4 is 5.91 Å². The summed E-state index contributed by atoms with van der Waals surface area (Å²) in [6.07, 6.45) is 4.55. The van der Waals surface area contributed by atoms with Gasteiger partial charge in [-0.25, -0.2) is 13.2 Å². The average molecular weight is 600 g/mol. The van der Waals surface area contributed by atoms with Gasteiger partial charge in [-0.05, 0) is 71.7 Å². The number of aromatic nitrogens is 1. The predicted molar refractivity (Wildman–Crippen MR) is 160 cm³/mol. The van der Waals surface area contributed by atoms with Crippen molar-refractivity contribution in [3.05, 3.63) is 134 Å². The molecule has 2 unspecified atom stereocenters. The summed E-state index contributed by atoms with van der Waals surface area (Å²) >= 11 is 0. The molecule has 0 N–H and O–H groups in total. The van der Waals surface area contributed by atoms with E-state index in [-0.39, 0.29) is 48.9 Å². The predicted octanol–water partition coefficient (Wildman–Crippen LogP) is 5.71. The standard InChI is InChI=1S/C35H32F3N3O3/c1-2-3-18-44-33-30(42)15-17-40-32(33)34(43)39(16-14-22-8-10-25(36)11-9-22)21-41(40)35-24(19-23-6-4-5-7-27(23)35)20-26-28(35)12-13-29(37)31(26)38/h4-13,15,17,24H,2-3,14,16,18-21H2,1H3. The van der Waals surface area contributed by atoms with Gasteiger partial charge < -0.3 is 9.64 Å². The number of ether oxygens (including phenoxy) is 1. The zero-order chi connectivity index (χ0) is 30.6. The molecule has 226 valence electrons. The van der Waals surface area contributed by atoms with E-state index in [0.29, 0.717) is 36.8 Å². The van der Waals surface area contributed by atoms with E-state index in [1.807, 2.05) is 30.1 Å². The third-order valence-corrected chi connectivity index (χ3v) is 9.37. The molecule has 44 heavy (non-hydrogen) atoms. The van der Waals surface area contributed by atoms with Crippen LogP contribution < -0.4 is 15.2 Å². The second-order valence-corrected chi connectivity index (χ2v) is 11.8. The monoisotopic (exact) mass is 599 g/mol. The number of hydrogen-bond donors (Lipinski definition) is 0. The minimum atomic E-state index is -0.945. The van der Waals surface area contributed by atoms with E-state index >= 15 is 4.39 Å². The number of amides is 1. The van der Waals surface area contributed by atoms with Gasteiger partial charge in [-0.2, -0.15) is 0 Å². The molecule has 1 amide bonds. The highest BCUT2D eigenvalue weighted by molar-refractivity contribution is 5.96. The molecule has 1 aliphatic heterocycles. The number of halogens is 3. The third-order valence-electron chi connectivity index (χ3n) is 9.37. The van der Waals surface area contributed by atoms with Crippen molar-refractivity contribution < 1.29 is 22.7 Å². The molecule has 0 saturated heterocycles. The fraction of sp³-hybridized carbons (Fsp3) is 0.314. The van der Waals surface area contributed by atoms with Crippen LogP contribution in [-0.2, 0) is 24.8 Å². The largest absolute Gasteiger partial charge is 0.487 e. The van der Waals surface area contributed by atoms with E-state index < -0.39 is 22.6 Å². The number of pyridine rings is 1. The van der Waals surface area contributed by atoms with Crippen molar-refractivity contribution in [1.82, 2.24) is 9.58 Å². The van der Waals surface area contributed by atoms with Crippen LogP contribution in [0.15, 0.2) is 77.7 Å². The summed E-state index contributed by atoms with van der Waals surface area (Å²) in [4.78, 5) is 29.1. The molecule has 9 heteroatoms. The molecule has 7 rings (SSSR count). The summed E-state index contributed by atoms with van der Waals surface area (Å²) in [5.41, 5.74) is 2.66. The van der Waals surface area contributed by atoms with Crippen molar-refractivity contribution in [3.63, 3.8) is 0 Å². The molecule has 2 atom stereocenters. The smallest absolute Gasteiger partial charge is 0.277 e. The molecule has 0 saturated carbocycles. The van der Waals surface area contributed by atoms with Crippen LogP contribution in [0.4, 0.5) is 13.2 Å². The highest BCUT2D eigenvalue weighted by atomic mass is 19.2. The van der Waals surface area contributed by atoms with Crippen molar-refractivity contribution in [2.75, 3.05) is 24.8 Å². The lowest BCUT2D eigenvalue weighted by molar-refractivity contribution is 0.0646. The van der Waals surface area contributed by atoms with Crippen LogP contribution in [-0.4, -0.2) is 35.3 Å². The zero-order valence-electron chi connectivity index (χ0n) is 24.4. The Hall–Kier alpha value is -4.53. The number of fused-ring (bicyclic) bond motifs is 6. The van der Waals surface area contributed by atoms with Crippen molar-refractivity contribution in [2.45, 2.75) is 44.6 Å². The van der Waals surface area contributed by atoms with Crippen molar-refractivity contribution in [3.8, 4) is 5.75 Å². The maximum atomic E-state index is 15.4. The summed E-state index contributed by atoms with van der Waals surface area (Å²) in [6, 6.07) is 18.4. The number of benzene rings is 3. The van der Waals surface area contributed by atoms with Crippen LogP contribution >= 0.6 is 0 Å². The Kier molecular flexibility index (Phi) is 6.98. The fourth-order valence-electron chi connectivity index (χ4n) is 7.35. The summed E-state index contributed by atoms with van der Waals surface area (Å²) in [5, 5.41) is 2.03. The lowest BCUT2D eigenvalue weighted by Crippen LogP contribution is -2.63. The van der Waals surface area contributed by atoms with Crippen LogP contribution in [0.2, 0.25) is 0 Å². The molecule has 1 aromatic heterocycles. The number of carbonyl (C=O) groups excluding carboxylic acids is 1. The van der Waals surface area contributed by atoms with Gasteiger partial charge in [0.25, 0.3) is 5.91 Å². The van der Waals surface area contributed by atoms with Crippen molar-refractivity contribution in [2.24, 2.45) is 5.92 Å². The number of carbonyl (C=O) groups is 1. The molecule has 0 radical (unpaired) electrons. The van der Waals surface area contributed by atoms with E-state index in [1.165, 1.54) is 24.3 Å². The van der Waals surface area contributed by atoms with Gasteiger partial charge in [0, 0.05) is 24.7 Å². The Morgan fingerprint density at radius 2 is 1.73 bits per heavy atom. The summed E-state index contributed by atoms with van der Waals surface area (Å²) in [7, 11) is 0. The Bertz CT molecular complexity index is 1820. The number of hydrogen-bond acceptors (Lipinski definition) is 4. The number of unbranched alkanes of at least 4 members (excludes halogenated alkanes) is 1. The van der Waals surface area contributed by atoms with Gasteiger partial charge in [0.1, 0.15) is 18.0 Å². The molecule has 6 nitrogen and oxygen atoms in total. The van der Waals surface area contributed by atoms with E-state index in [1.54, 1.807) is 34.0 Å². The normalized spacial score (nSPS) is 19.9. The lowest BCUT2D eigenvalue weighted by atomic mass is 9.81. The van der Waals surface area contributed by atoms with Crippen molar-refractivity contribution in [1.29, 1.82) is 0 Å². The van der Waals surface area contributed by atoms with Gasteiger partial charge in [-0.3, -0.25) is 19.3 Å². The van der Waals surface area contributed by atoms with E-state index in [9.17, 15) is 18.4 Å². The molecule has 0 fully saturated rings. The minimum Gasteiger partial charge on any atom is -0.487 e. The molecule has 2 heterocycles. The highest BCUT2D eigenvalue weighted by Crippen LogP contribution is 2.57. The molecule has 3 aromatic carbocycles. The van der Waals surface area contributed by atoms with Crippen LogP contribution in [0.25, 0.3) is 0 Å². The molecular weight excluding hydrogens is 567 g/mol. The van der Waals surface area contributed by atoms with Crippen LogP contribution in [0.5, 0.6) is 5.75 Å². The second-order valence-electron chi connectivity index (χ2n) is 11.8. The molecule has 3 aliphatic rings. The van der Waals surface area contributed by atoms with Gasteiger partial charge in [0.2, 0.25) is 5.43 Å². The van der Waals surface area contributed by atoms with Gasteiger partial charge in [0.15, 0.2) is 23.1 Å². The quantitative estimate of drug-likeness (QED) is 0.244. The second kappa shape index (κ2) is 10.9. The molecule has 0 spiro atoms. The number of rotatable bonds is 8. The Morgan fingerprint density at radius 1 is 0.932 bits per heavy atom. The molecule has 4 aromatic rings. The maximum absolute atomic E-state index is 15.4. The topological polar surface area (TPSA) is 54.8 Å². The maximum Gasteiger partial charge on any atom is 0.277 e. The first-order chi connectivity index (χ1) is 21.3. The van der Waals surface area contributed by atoms with Gasteiger partial charge >= 0.3 is 0 Å². The summed E-state index contributed by atoms with van der Waals surface area (Å²) in [5.74, 6) is -2.63. The molecule has 2 aliphatic carbocycles. The minimum absolute atomic E-state index is 0.0230. The fourth-order valence-corrected chi connectivity index (χ4v) is 7.35. The Labute approximate surface area is 253 Å².